The molecule has 0 atom stereocenters. The lowest BCUT2D eigenvalue weighted by atomic mass is 10.2. The van der Waals surface area contributed by atoms with E-state index in [9.17, 15) is 0 Å². The van der Waals surface area contributed by atoms with Gasteiger partial charge >= 0.3 is 0 Å². The average molecular weight is 264 g/mol. The van der Waals surface area contributed by atoms with Gasteiger partial charge in [0.1, 0.15) is 12.4 Å². The Bertz CT molecular complexity index is 733. The molecule has 0 aliphatic heterocycles. The largest absolute Gasteiger partial charge is 0.485 e. The van der Waals surface area contributed by atoms with Gasteiger partial charge in [0.25, 0.3) is 0 Å². The summed E-state index contributed by atoms with van der Waals surface area (Å²) in [7, 11) is 0. The number of aryl methyl sites for hydroxylation is 1. The summed E-state index contributed by atoms with van der Waals surface area (Å²) in [6.45, 7) is 2.40. The molecule has 0 aliphatic carbocycles. The lowest BCUT2D eigenvalue weighted by Crippen LogP contribution is -2.02. The fourth-order valence-electron chi connectivity index (χ4n) is 2.21. The van der Waals surface area contributed by atoms with E-state index < -0.39 is 0 Å². The molecule has 0 aliphatic rings. The van der Waals surface area contributed by atoms with Crippen LogP contribution in [0.1, 0.15) is 11.3 Å². The highest BCUT2D eigenvalue weighted by atomic mass is 16.5. The molecule has 1 aromatic heterocycles. The molecule has 0 amide bonds. The third-order valence-corrected chi connectivity index (χ3v) is 3.26. The second kappa shape index (κ2) is 5.21. The fourth-order valence-corrected chi connectivity index (χ4v) is 2.21. The van der Waals surface area contributed by atoms with E-state index in [0.29, 0.717) is 12.3 Å². The highest BCUT2D eigenvalue weighted by Crippen LogP contribution is 2.26. The molecule has 1 heterocycles. The molecule has 0 radical (unpaired) electrons. The minimum absolute atomic E-state index is 0.417. The van der Waals surface area contributed by atoms with Crippen LogP contribution in [0.4, 0.5) is 5.69 Å². The number of hydrogen-bond acceptors (Lipinski definition) is 3. The zero-order chi connectivity index (χ0) is 13.9. The monoisotopic (exact) mass is 264 g/mol. The fraction of sp³-hybridized carbons (Fsp3) is 0.118. The molecule has 2 aromatic carbocycles. The summed E-state index contributed by atoms with van der Waals surface area (Å²) >= 11 is 0. The summed E-state index contributed by atoms with van der Waals surface area (Å²) < 4.78 is 5.82. The number of ether oxygens (including phenoxy) is 1. The molecule has 2 N–H and O–H groups in total. The van der Waals surface area contributed by atoms with E-state index in [-0.39, 0.29) is 0 Å². The Morgan fingerprint density at radius 3 is 2.70 bits per heavy atom. The summed E-state index contributed by atoms with van der Waals surface area (Å²) in [6.07, 6.45) is 0. The summed E-state index contributed by atoms with van der Waals surface area (Å²) in [5, 5.41) is 1.13. The van der Waals surface area contributed by atoms with Crippen molar-refractivity contribution >= 4 is 16.6 Å². The van der Waals surface area contributed by atoms with Crippen molar-refractivity contribution in [2.24, 2.45) is 0 Å². The summed E-state index contributed by atoms with van der Waals surface area (Å²) in [4.78, 5) is 4.58. The minimum atomic E-state index is 0.417. The van der Waals surface area contributed by atoms with Crippen LogP contribution in [-0.4, -0.2) is 4.98 Å². The van der Waals surface area contributed by atoms with E-state index in [2.05, 4.69) is 11.1 Å². The van der Waals surface area contributed by atoms with Crippen molar-refractivity contribution in [2.75, 3.05) is 5.73 Å². The first-order valence-electron chi connectivity index (χ1n) is 6.56. The summed E-state index contributed by atoms with van der Waals surface area (Å²) in [5.41, 5.74) is 9.49. The second-order valence-electron chi connectivity index (χ2n) is 4.78. The second-order valence-corrected chi connectivity index (χ2v) is 4.78. The van der Waals surface area contributed by atoms with Crippen molar-refractivity contribution in [3.63, 3.8) is 0 Å². The van der Waals surface area contributed by atoms with Crippen LogP contribution in [0.3, 0.4) is 0 Å². The van der Waals surface area contributed by atoms with Crippen molar-refractivity contribution in [1.82, 2.24) is 4.98 Å². The first-order chi connectivity index (χ1) is 9.74. The van der Waals surface area contributed by atoms with Crippen LogP contribution in [0.15, 0.2) is 54.6 Å². The van der Waals surface area contributed by atoms with Gasteiger partial charge in [0, 0.05) is 5.39 Å². The SMILES string of the molecule is Cc1cccc(N)c1OCc1ccc2ccccc2n1. The Morgan fingerprint density at radius 1 is 1.00 bits per heavy atom. The Hall–Kier alpha value is -2.55. The first kappa shape index (κ1) is 12.5. The van der Waals surface area contributed by atoms with Gasteiger partial charge in [-0.15, -0.1) is 0 Å². The third-order valence-electron chi connectivity index (χ3n) is 3.26. The molecule has 0 saturated carbocycles. The molecule has 0 saturated heterocycles. The number of nitrogens with two attached hydrogens (primary N) is 1. The molecule has 3 rings (SSSR count). The van der Waals surface area contributed by atoms with Crippen LogP contribution in [0, 0.1) is 6.92 Å². The number of benzene rings is 2. The molecular weight excluding hydrogens is 248 g/mol. The van der Waals surface area contributed by atoms with E-state index in [1.807, 2.05) is 55.5 Å². The van der Waals surface area contributed by atoms with E-state index in [0.717, 1.165) is 27.9 Å². The van der Waals surface area contributed by atoms with E-state index >= 15 is 0 Å². The standard InChI is InChI=1S/C17H16N2O/c1-12-5-4-7-15(18)17(12)20-11-14-10-9-13-6-2-3-8-16(13)19-14/h2-10H,11,18H2,1H3. The highest BCUT2D eigenvalue weighted by Gasteiger charge is 2.05. The Labute approximate surface area is 118 Å². The molecule has 0 fully saturated rings. The summed E-state index contributed by atoms with van der Waals surface area (Å²) in [6, 6.07) is 17.8. The number of para-hydroxylation sites is 2. The van der Waals surface area contributed by atoms with Gasteiger partial charge in [-0.2, -0.15) is 0 Å². The van der Waals surface area contributed by atoms with E-state index in [4.69, 9.17) is 10.5 Å². The maximum absolute atomic E-state index is 5.93. The van der Waals surface area contributed by atoms with Gasteiger partial charge in [0.15, 0.2) is 0 Å². The lowest BCUT2D eigenvalue weighted by Gasteiger charge is -2.11. The third kappa shape index (κ3) is 2.43. The maximum Gasteiger partial charge on any atom is 0.145 e. The number of hydrogen-bond donors (Lipinski definition) is 1. The molecule has 100 valence electrons. The molecular formula is C17H16N2O. The quantitative estimate of drug-likeness (QED) is 0.734. The van der Waals surface area contributed by atoms with Crippen LogP contribution in [0.25, 0.3) is 10.9 Å². The van der Waals surface area contributed by atoms with Crippen LogP contribution in [-0.2, 0) is 6.61 Å². The van der Waals surface area contributed by atoms with Crippen LogP contribution < -0.4 is 10.5 Å². The van der Waals surface area contributed by atoms with Gasteiger partial charge in [0.2, 0.25) is 0 Å². The number of nitrogen functional groups attached to an aromatic ring is 1. The Morgan fingerprint density at radius 2 is 1.85 bits per heavy atom. The summed E-state index contributed by atoms with van der Waals surface area (Å²) in [5.74, 6) is 0.738. The van der Waals surface area contributed by atoms with Crippen molar-refractivity contribution < 1.29 is 4.74 Å². The van der Waals surface area contributed by atoms with Crippen LogP contribution in [0.2, 0.25) is 0 Å². The smallest absolute Gasteiger partial charge is 0.145 e. The van der Waals surface area contributed by atoms with Crippen molar-refractivity contribution in [3.8, 4) is 5.75 Å². The van der Waals surface area contributed by atoms with Crippen molar-refractivity contribution in [1.29, 1.82) is 0 Å². The van der Waals surface area contributed by atoms with Crippen LogP contribution in [0.5, 0.6) is 5.75 Å². The van der Waals surface area contributed by atoms with E-state index in [1.165, 1.54) is 0 Å². The zero-order valence-corrected chi connectivity index (χ0v) is 11.3. The van der Waals surface area contributed by atoms with E-state index in [1.54, 1.807) is 0 Å². The minimum Gasteiger partial charge on any atom is -0.485 e. The number of rotatable bonds is 3. The maximum atomic E-state index is 5.93. The highest BCUT2D eigenvalue weighted by molar-refractivity contribution is 5.78. The topological polar surface area (TPSA) is 48.1 Å². The molecule has 3 nitrogen and oxygen atoms in total. The Kier molecular flexibility index (Phi) is 3.25. The van der Waals surface area contributed by atoms with Gasteiger partial charge in [-0.3, -0.25) is 0 Å². The molecule has 0 spiro atoms. The number of fused-ring (bicyclic) bond motifs is 1. The van der Waals surface area contributed by atoms with Crippen molar-refractivity contribution in [3.05, 3.63) is 65.9 Å². The number of aromatic nitrogens is 1. The predicted molar refractivity (Wildman–Crippen MR) is 81.7 cm³/mol. The Balaban J connectivity index is 1.83. The molecule has 3 aromatic rings. The predicted octanol–water partition coefficient (Wildman–Crippen LogP) is 3.70. The molecule has 20 heavy (non-hydrogen) atoms. The van der Waals surface area contributed by atoms with Gasteiger partial charge < -0.3 is 10.5 Å². The van der Waals surface area contributed by atoms with Gasteiger partial charge in [0.05, 0.1) is 16.9 Å². The number of nitrogens with zero attached hydrogens (tertiary/aromatic N) is 1. The van der Waals surface area contributed by atoms with Crippen LogP contribution >= 0.6 is 0 Å². The normalized spacial score (nSPS) is 10.7. The average Bonchev–Trinajstić information content (AvgIpc) is 2.46. The van der Waals surface area contributed by atoms with Gasteiger partial charge in [-0.05, 0) is 30.7 Å². The first-order valence-corrected chi connectivity index (χ1v) is 6.56. The number of pyridine rings is 1. The molecule has 0 unspecified atom stereocenters. The van der Waals surface area contributed by atoms with Crippen molar-refractivity contribution in [2.45, 2.75) is 13.5 Å². The van der Waals surface area contributed by atoms with Gasteiger partial charge in [-0.1, -0.05) is 36.4 Å². The molecule has 3 heteroatoms. The van der Waals surface area contributed by atoms with Gasteiger partial charge in [-0.25, -0.2) is 4.98 Å². The zero-order valence-electron chi connectivity index (χ0n) is 11.3. The number of anilines is 1. The molecule has 0 bridgehead atoms. The lowest BCUT2D eigenvalue weighted by molar-refractivity contribution is 0.301.